The third-order valence-corrected chi connectivity index (χ3v) is 2.68. The van der Waals surface area contributed by atoms with Gasteiger partial charge < -0.3 is 10.2 Å². The quantitative estimate of drug-likeness (QED) is 0.702. The van der Waals surface area contributed by atoms with Crippen LogP contribution in [0.1, 0.15) is 25.7 Å². The van der Waals surface area contributed by atoms with Crippen molar-refractivity contribution in [2.24, 2.45) is 5.92 Å². The van der Waals surface area contributed by atoms with Crippen molar-refractivity contribution in [2.75, 3.05) is 27.2 Å². The highest BCUT2D eigenvalue weighted by Gasteiger charge is 2.14. The van der Waals surface area contributed by atoms with E-state index in [1.54, 1.807) is 19.0 Å². The Labute approximate surface area is 80.5 Å². The van der Waals surface area contributed by atoms with Crippen LogP contribution in [0.3, 0.4) is 0 Å². The summed E-state index contributed by atoms with van der Waals surface area (Å²) in [6.07, 6.45) is 5.41. The highest BCUT2D eigenvalue weighted by Crippen LogP contribution is 2.23. The van der Waals surface area contributed by atoms with Gasteiger partial charge in [0, 0.05) is 14.1 Å². The Bertz CT molecular complexity index is 162. The second-order valence-electron chi connectivity index (χ2n) is 4.07. The van der Waals surface area contributed by atoms with Gasteiger partial charge in [0.05, 0.1) is 6.54 Å². The summed E-state index contributed by atoms with van der Waals surface area (Å²) in [4.78, 5) is 12.8. The normalized spacial score (nSPS) is 17.7. The van der Waals surface area contributed by atoms with Crippen molar-refractivity contribution in [3.8, 4) is 0 Å². The number of nitrogens with one attached hydrogen (secondary N) is 1. The summed E-state index contributed by atoms with van der Waals surface area (Å²) in [5, 5.41) is 3.22. The predicted molar refractivity (Wildman–Crippen MR) is 53.5 cm³/mol. The zero-order valence-corrected chi connectivity index (χ0v) is 8.68. The summed E-state index contributed by atoms with van der Waals surface area (Å²) in [5.74, 6) is 0.980. The Morgan fingerprint density at radius 3 is 2.54 bits per heavy atom. The second kappa shape index (κ2) is 5.22. The lowest BCUT2D eigenvalue weighted by Gasteiger charge is -2.13. The molecule has 0 atom stereocenters. The summed E-state index contributed by atoms with van der Waals surface area (Å²) >= 11 is 0. The molecule has 1 rings (SSSR count). The molecule has 0 aromatic rings. The van der Waals surface area contributed by atoms with Crippen LogP contribution in [0.15, 0.2) is 0 Å². The van der Waals surface area contributed by atoms with E-state index in [-0.39, 0.29) is 5.91 Å². The fourth-order valence-electron chi connectivity index (χ4n) is 1.76. The third-order valence-electron chi connectivity index (χ3n) is 2.68. The smallest absolute Gasteiger partial charge is 0.236 e. The number of carbonyl (C=O) groups is 1. The molecule has 1 fully saturated rings. The molecule has 3 nitrogen and oxygen atoms in total. The van der Waals surface area contributed by atoms with Gasteiger partial charge in [0.15, 0.2) is 0 Å². The van der Waals surface area contributed by atoms with Gasteiger partial charge in [0.2, 0.25) is 5.91 Å². The zero-order valence-electron chi connectivity index (χ0n) is 8.68. The van der Waals surface area contributed by atoms with Crippen LogP contribution in [0.2, 0.25) is 0 Å². The van der Waals surface area contributed by atoms with Crippen LogP contribution in [0.25, 0.3) is 0 Å². The maximum absolute atomic E-state index is 11.2. The maximum Gasteiger partial charge on any atom is 0.236 e. The van der Waals surface area contributed by atoms with E-state index in [2.05, 4.69) is 5.32 Å². The van der Waals surface area contributed by atoms with Gasteiger partial charge in [-0.25, -0.2) is 0 Å². The van der Waals surface area contributed by atoms with E-state index in [9.17, 15) is 4.79 Å². The monoisotopic (exact) mass is 184 g/mol. The summed E-state index contributed by atoms with van der Waals surface area (Å²) in [6, 6.07) is 0. The molecule has 1 aliphatic carbocycles. The van der Waals surface area contributed by atoms with Gasteiger partial charge in [-0.3, -0.25) is 4.79 Å². The molecule has 1 amide bonds. The number of nitrogens with zero attached hydrogens (tertiary/aromatic N) is 1. The summed E-state index contributed by atoms with van der Waals surface area (Å²) in [7, 11) is 3.58. The average Bonchev–Trinajstić information content (AvgIpc) is 2.56. The number of hydrogen-bond acceptors (Lipinski definition) is 2. The minimum Gasteiger partial charge on any atom is -0.348 e. The molecule has 0 bridgehead atoms. The number of rotatable bonds is 4. The minimum absolute atomic E-state index is 0.165. The zero-order chi connectivity index (χ0) is 9.68. The van der Waals surface area contributed by atoms with Crippen molar-refractivity contribution in [2.45, 2.75) is 25.7 Å². The Hall–Kier alpha value is -0.570. The van der Waals surface area contributed by atoms with E-state index in [4.69, 9.17) is 0 Å². The van der Waals surface area contributed by atoms with E-state index in [0.29, 0.717) is 6.54 Å². The first-order valence-electron chi connectivity index (χ1n) is 5.11. The van der Waals surface area contributed by atoms with Gasteiger partial charge in [-0.2, -0.15) is 0 Å². The van der Waals surface area contributed by atoms with E-state index in [0.717, 1.165) is 12.5 Å². The molecule has 0 aliphatic heterocycles. The molecule has 1 N–H and O–H groups in total. The van der Waals surface area contributed by atoms with Gasteiger partial charge in [0.25, 0.3) is 0 Å². The Morgan fingerprint density at radius 2 is 2.00 bits per heavy atom. The first-order valence-corrected chi connectivity index (χ1v) is 5.11. The fraction of sp³-hybridized carbons (Fsp3) is 0.900. The summed E-state index contributed by atoms with van der Waals surface area (Å²) in [6.45, 7) is 1.50. The van der Waals surface area contributed by atoms with Crippen molar-refractivity contribution in [3.63, 3.8) is 0 Å². The Balaban J connectivity index is 2.03. The second-order valence-corrected chi connectivity index (χ2v) is 4.07. The molecule has 13 heavy (non-hydrogen) atoms. The van der Waals surface area contributed by atoms with Gasteiger partial charge in [0.1, 0.15) is 0 Å². The lowest BCUT2D eigenvalue weighted by atomic mass is 10.1. The van der Waals surface area contributed by atoms with Crippen molar-refractivity contribution >= 4 is 5.91 Å². The fourth-order valence-corrected chi connectivity index (χ4v) is 1.76. The highest BCUT2D eigenvalue weighted by atomic mass is 16.2. The molecule has 0 aromatic heterocycles. The first-order chi connectivity index (χ1) is 6.20. The lowest BCUT2D eigenvalue weighted by molar-refractivity contribution is -0.127. The van der Waals surface area contributed by atoms with Crippen LogP contribution in [-0.2, 0) is 4.79 Å². The van der Waals surface area contributed by atoms with Crippen LogP contribution >= 0.6 is 0 Å². The van der Waals surface area contributed by atoms with Crippen molar-refractivity contribution < 1.29 is 4.79 Å². The average molecular weight is 184 g/mol. The van der Waals surface area contributed by atoms with E-state index < -0.39 is 0 Å². The molecule has 1 aliphatic rings. The van der Waals surface area contributed by atoms with Gasteiger partial charge in [-0.1, -0.05) is 12.8 Å². The van der Waals surface area contributed by atoms with Crippen LogP contribution in [0.5, 0.6) is 0 Å². The maximum atomic E-state index is 11.2. The van der Waals surface area contributed by atoms with E-state index in [1.807, 2.05) is 0 Å². The molecule has 1 saturated carbocycles. The molecule has 3 heteroatoms. The SMILES string of the molecule is CN(C)C(=O)CNCC1CCCC1. The van der Waals surface area contributed by atoms with Crippen molar-refractivity contribution in [1.82, 2.24) is 10.2 Å². The molecule has 0 unspecified atom stereocenters. The van der Waals surface area contributed by atoms with Gasteiger partial charge >= 0.3 is 0 Å². The molecule has 0 aromatic carbocycles. The summed E-state index contributed by atoms with van der Waals surface area (Å²) < 4.78 is 0. The van der Waals surface area contributed by atoms with Crippen LogP contribution in [0, 0.1) is 5.92 Å². The number of hydrogen-bond donors (Lipinski definition) is 1. The van der Waals surface area contributed by atoms with Gasteiger partial charge in [-0.05, 0) is 25.3 Å². The standard InChI is InChI=1S/C10H20N2O/c1-12(2)10(13)8-11-7-9-5-3-4-6-9/h9,11H,3-8H2,1-2H3. The van der Waals surface area contributed by atoms with Crippen molar-refractivity contribution in [3.05, 3.63) is 0 Å². The number of amides is 1. The van der Waals surface area contributed by atoms with Crippen LogP contribution in [0.4, 0.5) is 0 Å². The molecular formula is C10H20N2O. The number of likely N-dealkylation sites (N-methyl/N-ethyl adjacent to an activating group) is 1. The minimum atomic E-state index is 0.165. The molecule has 0 radical (unpaired) electrons. The predicted octanol–water partition coefficient (Wildman–Crippen LogP) is 0.854. The molecular weight excluding hydrogens is 164 g/mol. The molecule has 0 saturated heterocycles. The largest absolute Gasteiger partial charge is 0.348 e. The van der Waals surface area contributed by atoms with Crippen LogP contribution in [-0.4, -0.2) is 38.0 Å². The van der Waals surface area contributed by atoms with Gasteiger partial charge in [-0.15, -0.1) is 0 Å². The Morgan fingerprint density at radius 1 is 1.38 bits per heavy atom. The van der Waals surface area contributed by atoms with E-state index in [1.165, 1.54) is 25.7 Å². The Kier molecular flexibility index (Phi) is 4.22. The lowest BCUT2D eigenvalue weighted by Crippen LogP contribution is -2.34. The first kappa shape index (κ1) is 10.5. The highest BCUT2D eigenvalue weighted by molar-refractivity contribution is 5.77. The number of carbonyl (C=O) groups excluding carboxylic acids is 1. The van der Waals surface area contributed by atoms with E-state index >= 15 is 0 Å². The van der Waals surface area contributed by atoms with Crippen LogP contribution < -0.4 is 5.32 Å². The molecule has 0 spiro atoms. The third kappa shape index (κ3) is 3.77. The summed E-state index contributed by atoms with van der Waals surface area (Å²) in [5.41, 5.74) is 0. The topological polar surface area (TPSA) is 32.3 Å². The molecule has 0 heterocycles. The molecule has 76 valence electrons. The van der Waals surface area contributed by atoms with Crippen molar-refractivity contribution in [1.29, 1.82) is 0 Å².